The lowest BCUT2D eigenvalue weighted by Gasteiger charge is -2.33. The minimum Gasteiger partial charge on any atom is -0.507 e. The second-order valence-corrected chi connectivity index (χ2v) is 7.38. The van der Waals surface area contributed by atoms with Crippen LogP contribution in [0, 0.1) is 11.7 Å². The number of hydrogen-bond donors (Lipinski definition) is 1. The summed E-state index contributed by atoms with van der Waals surface area (Å²) in [5, 5.41) is 21.3. The number of tetrazole rings is 1. The summed E-state index contributed by atoms with van der Waals surface area (Å²) in [6.45, 7) is 1.31. The van der Waals surface area contributed by atoms with Crippen LogP contribution in [0.1, 0.15) is 35.2 Å². The number of carbonyl (C=O) groups is 1. The van der Waals surface area contributed by atoms with Gasteiger partial charge in [0.05, 0.1) is 11.3 Å². The Balaban J connectivity index is 1.43. The summed E-state index contributed by atoms with van der Waals surface area (Å²) >= 11 is 0. The lowest BCUT2D eigenvalue weighted by atomic mass is 9.91. The van der Waals surface area contributed by atoms with E-state index in [0.717, 1.165) is 31.2 Å². The number of piperidine rings is 1. The highest BCUT2D eigenvalue weighted by atomic mass is 19.1. The lowest BCUT2D eigenvalue weighted by Crippen LogP contribution is -2.40. The average Bonchev–Trinajstić information content (AvgIpc) is 3.28. The number of hydrogen-bond acceptors (Lipinski definition) is 5. The van der Waals surface area contributed by atoms with E-state index in [4.69, 9.17) is 0 Å². The normalized spacial score (nSPS) is 16.7. The Morgan fingerprint density at radius 1 is 1.21 bits per heavy atom. The quantitative estimate of drug-likeness (QED) is 0.718. The van der Waals surface area contributed by atoms with Crippen LogP contribution in [0.25, 0.3) is 5.69 Å². The van der Waals surface area contributed by atoms with Gasteiger partial charge in [-0.25, -0.2) is 9.07 Å². The number of benzene rings is 2. The van der Waals surface area contributed by atoms with E-state index in [-0.39, 0.29) is 23.0 Å². The summed E-state index contributed by atoms with van der Waals surface area (Å²) in [6.07, 6.45) is 5.21. The number of aromatic hydroxyl groups is 1. The van der Waals surface area contributed by atoms with Gasteiger partial charge in [-0.3, -0.25) is 4.79 Å². The van der Waals surface area contributed by atoms with E-state index in [1.807, 2.05) is 12.1 Å². The van der Waals surface area contributed by atoms with E-state index in [1.165, 1.54) is 29.2 Å². The molecule has 0 aliphatic carbocycles. The predicted octanol–water partition coefficient (Wildman–Crippen LogP) is 2.99. The molecule has 1 saturated heterocycles. The fourth-order valence-corrected chi connectivity index (χ4v) is 3.79. The third-order valence-electron chi connectivity index (χ3n) is 5.38. The molecule has 7 nitrogen and oxygen atoms in total. The Labute approximate surface area is 167 Å². The maximum atomic E-state index is 13.1. The molecule has 2 aromatic carbocycles. The summed E-state index contributed by atoms with van der Waals surface area (Å²) in [5.41, 5.74) is 1.96. The zero-order valence-corrected chi connectivity index (χ0v) is 15.9. The molecule has 29 heavy (non-hydrogen) atoms. The van der Waals surface area contributed by atoms with Gasteiger partial charge in [-0.1, -0.05) is 12.1 Å². The smallest absolute Gasteiger partial charge is 0.257 e. The van der Waals surface area contributed by atoms with Crippen LogP contribution in [0.3, 0.4) is 0 Å². The van der Waals surface area contributed by atoms with Crippen molar-refractivity contribution in [3.63, 3.8) is 0 Å². The molecule has 1 aliphatic rings. The van der Waals surface area contributed by atoms with Gasteiger partial charge in [0, 0.05) is 13.1 Å². The van der Waals surface area contributed by atoms with Gasteiger partial charge >= 0.3 is 0 Å². The van der Waals surface area contributed by atoms with Gasteiger partial charge in [0.15, 0.2) is 0 Å². The highest BCUT2D eigenvalue weighted by Crippen LogP contribution is 2.27. The first-order chi connectivity index (χ1) is 14.1. The number of amides is 1. The Morgan fingerprint density at radius 2 is 2.03 bits per heavy atom. The first-order valence-corrected chi connectivity index (χ1v) is 9.70. The van der Waals surface area contributed by atoms with E-state index in [1.54, 1.807) is 17.0 Å². The van der Waals surface area contributed by atoms with Crippen LogP contribution in [0.4, 0.5) is 4.39 Å². The Hall–Kier alpha value is -3.29. The van der Waals surface area contributed by atoms with Gasteiger partial charge in [-0.2, -0.15) is 0 Å². The van der Waals surface area contributed by atoms with Crippen LogP contribution in [-0.2, 0) is 6.42 Å². The fourth-order valence-electron chi connectivity index (χ4n) is 3.79. The van der Waals surface area contributed by atoms with Crippen molar-refractivity contribution in [3.8, 4) is 11.4 Å². The van der Waals surface area contributed by atoms with Gasteiger partial charge in [0.25, 0.3) is 5.91 Å². The maximum Gasteiger partial charge on any atom is 0.257 e. The highest BCUT2D eigenvalue weighted by molar-refractivity contribution is 5.97. The molecule has 1 fully saturated rings. The predicted molar refractivity (Wildman–Crippen MR) is 104 cm³/mol. The van der Waals surface area contributed by atoms with Crippen molar-refractivity contribution in [2.45, 2.75) is 25.7 Å². The van der Waals surface area contributed by atoms with Crippen molar-refractivity contribution in [3.05, 3.63) is 65.7 Å². The van der Waals surface area contributed by atoms with Crippen LogP contribution < -0.4 is 0 Å². The molecule has 1 atom stereocenters. The number of aromatic nitrogens is 4. The van der Waals surface area contributed by atoms with Gasteiger partial charge in [0.1, 0.15) is 17.9 Å². The van der Waals surface area contributed by atoms with Gasteiger partial charge in [0.2, 0.25) is 0 Å². The number of nitrogens with zero attached hydrogens (tertiary/aromatic N) is 5. The minimum absolute atomic E-state index is 0.0553. The second-order valence-electron chi connectivity index (χ2n) is 7.38. The summed E-state index contributed by atoms with van der Waals surface area (Å²) in [7, 11) is 0. The molecule has 0 unspecified atom stereocenters. The Bertz CT molecular complexity index is 975. The zero-order valence-electron chi connectivity index (χ0n) is 15.9. The van der Waals surface area contributed by atoms with Crippen molar-refractivity contribution in [2.24, 2.45) is 5.92 Å². The van der Waals surface area contributed by atoms with E-state index in [2.05, 4.69) is 15.5 Å². The van der Waals surface area contributed by atoms with Gasteiger partial charge < -0.3 is 10.0 Å². The van der Waals surface area contributed by atoms with Crippen molar-refractivity contribution >= 4 is 5.91 Å². The molecule has 1 aromatic heterocycles. The number of likely N-dealkylation sites (tertiary alicyclic amines) is 1. The van der Waals surface area contributed by atoms with Crippen molar-refractivity contribution in [1.29, 1.82) is 0 Å². The Morgan fingerprint density at radius 3 is 2.79 bits per heavy atom. The number of carbonyl (C=O) groups excluding carboxylic acids is 1. The molecule has 0 radical (unpaired) electrons. The molecule has 150 valence electrons. The molecular weight excluding hydrogens is 373 g/mol. The first kappa shape index (κ1) is 19.0. The number of rotatable bonds is 5. The SMILES string of the molecule is O=C(c1cc(-n2cnnn2)ccc1O)N1CCC[C@@H](CCc2ccc(F)cc2)C1. The number of phenols is 1. The van der Waals surface area contributed by atoms with Crippen LogP contribution in [-0.4, -0.2) is 49.2 Å². The van der Waals surface area contributed by atoms with Gasteiger partial charge in [-0.05, 0) is 77.9 Å². The fraction of sp³-hybridized carbons (Fsp3) is 0.333. The third-order valence-corrected chi connectivity index (χ3v) is 5.38. The molecule has 4 rings (SSSR count). The number of phenolic OH excluding ortho intramolecular Hbond substituents is 1. The molecule has 0 spiro atoms. The zero-order chi connectivity index (χ0) is 20.2. The van der Waals surface area contributed by atoms with Crippen molar-refractivity contribution in [1.82, 2.24) is 25.1 Å². The average molecular weight is 395 g/mol. The van der Waals surface area contributed by atoms with E-state index in [9.17, 15) is 14.3 Å². The maximum absolute atomic E-state index is 13.1. The highest BCUT2D eigenvalue weighted by Gasteiger charge is 2.26. The minimum atomic E-state index is -0.230. The second kappa shape index (κ2) is 8.38. The third kappa shape index (κ3) is 4.42. The monoisotopic (exact) mass is 395 g/mol. The number of aryl methyl sites for hydroxylation is 1. The summed E-state index contributed by atoms with van der Waals surface area (Å²) in [6, 6.07) is 11.3. The standard InChI is InChI=1S/C21H22FN5O2/c22-17-7-5-15(6-8-17)3-4-16-2-1-11-26(13-16)21(29)19-12-18(9-10-20(19)28)27-14-23-24-25-27/h5-10,12,14,16,28H,1-4,11,13H2/t16-/m0/s1. The molecule has 8 heteroatoms. The lowest BCUT2D eigenvalue weighted by molar-refractivity contribution is 0.0665. The molecule has 0 bridgehead atoms. The van der Waals surface area contributed by atoms with E-state index in [0.29, 0.717) is 24.7 Å². The van der Waals surface area contributed by atoms with Crippen molar-refractivity contribution < 1.29 is 14.3 Å². The van der Waals surface area contributed by atoms with E-state index < -0.39 is 0 Å². The molecule has 1 N–H and O–H groups in total. The molecule has 1 amide bonds. The molecule has 3 aromatic rings. The number of halogens is 1. The van der Waals surface area contributed by atoms with E-state index >= 15 is 0 Å². The summed E-state index contributed by atoms with van der Waals surface area (Å²) < 4.78 is 14.5. The molecule has 0 saturated carbocycles. The van der Waals surface area contributed by atoms with Crippen molar-refractivity contribution in [2.75, 3.05) is 13.1 Å². The summed E-state index contributed by atoms with van der Waals surface area (Å²) in [4.78, 5) is 14.9. The van der Waals surface area contributed by atoms with Crippen LogP contribution >= 0.6 is 0 Å². The van der Waals surface area contributed by atoms with Crippen LogP contribution in [0.2, 0.25) is 0 Å². The Kier molecular flexibility index (Phi) is 5.50. The molecular formula is C21H22FN5O2. The largest absolute Gasteiger partial charge is 0.507 e. The molecule has 2 heterocycles. The van der Waals surface area contributed by atoms with Gasteiger partial charge in [-0.15, -0.1) is 5.10 Å². The summed E-state index contributed by atoms with van der Waals surface area (Å²) in [5.74, 6) is -0.0985. The first-order valence-electron chi connectivity index (χ1n) is 9.70. The molecule has 1 aliphatic heterocycles. The van der Waals surface area contributed by atoms with Crippen LogP contribution in [0.5, 0.6) is 5.75 Å². The van der Waals surface area contributed by atoms with Crippen LogP contribution in [0.15, 0.2) is 48.8 Å². The topological polar surface area (TPSA) is 84.1 Å².